The number of rotatable bonds is 3. The first-order valence-corrected chi connectivity index (χ1v) is 15.7. The Bertz CT molecular complexity index is 2790. The van der Waals surface area contributed by atoms with Gasteiger partial charge in [-0.25, -0.2) is 4.98 Å². The lowest BCUT2D eigenvalue weighted by atomic mass is 9.86. The zero-order valence-electron chi connectivity index (χ0n) is 24.9. The largest absolute Gasteiger partial charge is 0.260 e. The van der Waals surface area contributed by atoms with E-state index in [-0.39, 0.29) is 0 Å². The minimum atomic E-state index is 0.863. The van der Waals surface area contributed by atoms with Crippen molar-refractivity contribution in [1.82, 2.24) is 9.97 Å². The molecule has 1 aromatic heterocycles. The lowest BCUT2D eigenvalue weighted by Crippen LogP contribution is -1.91. The van der Waals surface area contributed by atoms with Crippen molar-refractivity contribution < 1.29 is 0 Å². The monoisotopic (exact) mass is 582 g/mol. The van der Waals surface area contributed by atoms with Gasteiger partial charge >= 0.3 is 0 Å². The Kier molecular flexibility index (Phi) is 5.31. The molecule has 0 aliphatic rings. The van der Waals surface area contributed by atoms with Crippen LogP contribution in [0.5, 0.6) is 0 Å². The minimum Gasteiger partial charge on any atom is -0.260 e. The van der Waals surface area contributed by atoms with Crippen LogP contribution in [0.15, 0.2) is 158 Å². The summed E-state index contributed by atoms with van der Waals surface area (Å²) < 4.78 is 0. The molecule has 9 aromatic carbocycles. The van der Waals surface area contributed by atoms with Crippen molar-refractivity contribution in [3.05, 3.63) is 158 Å². The van der Waals surface area contributed by atoms with Gasteiger partial charge in [-0.3, -0.25) is 4.98 Å². The van der Waals surface area contributed by atoms with E-state index in [4.69, 9.17) is 4.98 Å². The van der Waals surface area contributed by atoms with Gasteiger partial charge < -0.3 is 0 Å². The first-order valence-electron chi connectivity index (χ1n) is 15.7. The van der Waals surface area contributed by atoms with Crippen LogP contribution in [0.4, 0.5) is 0 Å². The fraction of sp³-hybridized carbons (Fsp3) is 0. The summed E-state index contributed by atoms with van der Waals surface area (Å²) in [5.41, 5.74) is 6.19. The third kappa shape index (κ3) is 3.71. The molecule has 0 aliphatic carbocycles. The van der Waals surface area contributed by atoms with Crippen molar-refractivity contribution in [2.45, 2.75) is 0 Å². The van der Waals surface area contributed by atoms with Gasteiger partial charge in [-0.2, -0.15) is 0 Å². The maximum atomic E-state index is 5.00. The van der Waals surface area contributed by atoms with Crippen LogP contribution >= 0.6 is 0 Å². The van der Waals surface area contributed by atoms with Crippen molar-refractivity contribution in [3.63, 3.8) is 0 Å². The molecule has 0 fully saturated rings. The van der Waals surface area contributed by atoms with Crippen molar-refractivity contribution >= 4 is 64.6 Å². The lowest BCUT2D eigenvalue weighted by Gasteiger charge is -2.17. The van der Waals surface area contributed by atoms with E-state index >= 15 is 0 Å². The molecular weight excluding hydrogens is 556 g/mol. The Balaban J connectivity index is 1.29. The van der Waals surface area contributed by atoms with Gasteiger partial charge in [-0.1, -0.05) is 127 Å². The molecule has 0 saturated carbocycles. The number of hydrogen-bond donors (Lipinski definition) is 0. The molecule has 2 heteroatoms. The number of hydrogen-bond acceptors (Lipinski definition) is 2. The van der Waals surface area contributed by atoms with Gasteiger partial charge in [0.1, 0.15) is 0 Å². The van der Waals surface area contributed by atoms with Crippen LogP contribution < -0.4 is 0 Å². The molecule has 0 bridgehead atoms. The van der Waals surface area contributed by atoms with Gasteiger partial charge in [0, 0.05) is 11.1 Å². The second-order valence-electron chi connectivity index (χ2n) is 12.2. The minimum absolute atomic E-state index is 0.863. The summed E-state index contributed by atoms with van der Waals surface area (Å²) >= 11 is 0. The van der Waals surface area contributed by atoms with Gasteiger partial charge in [-0.15, -0.1) is 0 Å². The van der Waals surface area contributed by atoms with Crippen LogP contribution in [0, 0.1) is 0 Å². The molecular formula is C44H26N2. The predicted molar refractivity (Wildman–Crippen MR) is 195 cm³/mol. The topological polar surface area (TPSA) is 25.8 Å². The third-order valence-corrected chi connectivity index (χ3v) is 9.62. The number of benzene rings is 8. The predicted octanol–water partition coefficient (Wildman–Crippen LogP) is 11.8. The Morgan fingerprint density at radius 1 is 0.304 bits per heavy atom. The normalized spacial score (nSPS) is 11.9. The zero-order chi connectivity index (χ0) is 30.2. The summed E-state index contributed by atoms with van der Waals surface area (Å²) in [5, 5.41) is 15.5. The highest BCUT2D eigenvalue weighted by atomic mass is 14.8. The van der Waals surface area contributed by atoms with Crippen LogP contribution in [0.3, 0.4) is 0 Å². The van der Waals surface area contributed by atoms with Crippen LogP contribution in [0.1, 0.15) is 0 Å². The van der Waals surface area contributed by atoms with Crippen LogP contribution in [-0.2, 0) is 0 Å². The van der Waals surface area contributed by atoms with E-state index in [1.165, 1.54) is 70.2 Å². The number of aromatic nitrogens is 2. The van der Waals surface area contributed by atoms with Gasteiger partial charge in [0.25, 0.3) is 0 Å². The van der Waals surface area contributed by atoms with E-state index in [1.54, 1.807) is 0 Å². The maximum absolute atomic E-state index is 5.00. The van der Waals surface area contributed by atoms with Crippen LogP contribution in [0.25, 0.3) is 98.3 Å². The highest BCUT2D eigenvalue weighted by Gasteiger charge is 2.16. The molecule has 10 rings (SSSR count). The fourth-order valence-corrected chi connectivity index (χ4v) is 7.56. The van der Waals surface area contributed by atoms with E-state index < -0.39 is 0 Å². The van der Waals surface area contributed by atoms with Gasteiger partial charge in [0.2, 0.25) is 0 Å². The average molecular weight is 583 g/mol. The van der Waals surface area contributed by atoms with E-state index in [0.29, 0.717) is 0 Å². The summed E-state index contributed by atoms with van der Waals surface area (Å²) in [4.78, 5) is 9.56. The summed E-state index contributed by atoms with van der Waals surface area (Å²) in [6.45, 7) is 0. The smallest absolute Gasteiger partial charge is 0.0892 e. The third-order valence-electron chi connectivity index (χ3n) is 9.62. The Hall–Kier alpha value is -6.12. The molecule has 0 spiro atoms. The Labute approximate surface area is 265 Å². The van der Waals surface area contributed by atoms with E-state index in [0.717, 1.165) is 28.1 Å². The van der Waals surface area contributed by atoms with E-state index in [1.807, 2.05) is 30.6 Å². The van der Waals surface area contributed by atoms with Crippen LogP contribution in [-0.4, -0.2) is 9.97 Å². The Morgan fingerprint density at radius 3 is 1.46 bits per heavy atom. The molecule has 0 radical (unpaired) electrons. The van der Waals surface area contributed by atoms with E-state index in [9.17, 15) is 0 Å². The molecule has 0 aliphatic heterocycles. The van der Waals surface area contributed by atoms with Gasteiger partial charge in [0.15, 0.2) is 0 Å². The summed E-state index contributed by atoms with van der Waals surface area (Å²) in [6.07, 6.45) is 3.69. The zero-order valence-corrected chi connectivity index (χ0v) is 24.9. The van der Waals surface area contributed by atoms with Crippen molar-refractivity contribution in [2.24, 2.45) is 0 Å². The molecule has 0 saturated heterocycles. The second-order valence-corrected chi connectivity index (χ2v) is 12.2. The average Bonchev–Trinajstić information content (AvgIpc) is 3.13. The van der Waals surface area contributed by atoms with Crippen molar-refractivity contribution in [1.29, 1.82) is 0 Å². The number of nitrogens with zero attached hydrogens (tertiary/aromatic N) is 2. The fourth-order valence-electron chi connectivity index (χ4n) is 7.56. The molecule has 0 atom stereocenters. The SMILES string of the molecule is c1ccc(-c2cncc(-c3cccc(-c4cc5ccc6cccc7c8cccc9ccc%10cccc(c(c4)c5c67)c%10c98)c3)n2)cc1. The maximum Gasteiger partial charge on any atom is 0.0892 e. The molecule has 2 nitrogen and oxygen atoms in total. The van der Waals surface area contributed by atoms with Crippen molar-refractivity contribution in [3.8, 4) is 33.6 Å². The standard InChI is InChI=1S/C44H26N2/c1-2-8-27(9-3-1)39-25-45-26-40(46-39)32-14-4-13-31(22-32)34-23-33-21-20-30-11-6-16-36-35-15-5-10-28-18-19-29-12-7-17-37(43(29)41(28)35)38(24-34)44(33)42(30)36/h1-26H. The lowest BCUT2D eigenvalue weighted by molar-refractivity contribution is 1.21. The molecule has 0 amide bonds. The molecule has 1 heterocycles. The summed E-state index contributed by atoms with van der Waals surface area (Å²) in [6, 6.07) is 53.1. The van der Waals surface area contributed by atoms with E-state index in [2.05, 4.69) is 132 Å². The highest BCUT2D eigenvalue weighted by Crippen LogP contribution is 2.44. The number of fused-ring (bicyclic) bond motifs is 2. The first kappa shape index (κ1) is 25.2. The molecule has 10 aromatic rings. The van der Waals surface area contributed by atoms with Crippen LogP contribution in [0.2, 0.25) is 0 Å². The second kappa shape index (κ2) is 9.69. The molecule has 0 unspecified atom stereocenters. The Morgan fingerprint density at radius 2 is 0.804 bits per heavy atom. The highest BCUT2D eigenvalue weighted by molar-refractivity contribution is 6.37. The first-order chi connectivity index (χ1) is 22.8. The van der Waals surface area contributed by atoms with Gasteiger partial charge in [-0.05, 0) is 94.0 Å². The van der Waals surface area contributed by atoms with Crippen molar-refractivity contribution in [2.75, 3.05) is 0 Å². The summed E-state index contributed by atoms with van der Waals surface area (Å²) in [7, 11) is 0. The molecule has 46 heavy (non-hydrogen) atoms. The quantitative estimate of drug-likeness (QED) is 0.194. The van der Waals surface area contributed by atoms with Gasteiger partial charge in [0.05, 0.1) is 23.8 Å². The summed E-state index contributed by atoms with van der Waals surface area (Å²) in [5.74, 6) is 0. The molecule has 212 valence electrons. The molecule has 0 N–H and O–H groups in total.